The van der Waals surface area contributed by atoms with Crippen LogP contribution in [0.2, 0.25) is 0 Å². The molecule has 2 aromatic carbocycles. The zero-order valence-electron chi connectivity index (χ0n) is 22.7. The first-order valence-electron chi connectivity index (χ1n) is 12.1. The average molecular weight is 556 g/mol. The summed E-state index contributed by atoms with van der Waals surface area (Å²) >= 11 is 0.722. The standard InChI is InChI=1S/C27H33N5O6S/c1-7-38-17-11-9-8-10-16(17)32(26(35)23-20(28)21(24(29)33)31-39-23)22(25(34)30-27(2,3)4)15-12-13-18(36-5)19(14-15)37-6/h8-14,22H,7,28H2,1-6H3,(H2,29,33)(H,30,34). The van der Waals surface area contributed by atoms with Crippen LogP contribution in [-0.2, 0) is 4.79 Å². The SMILES string of the molecule is CCOc1ccccc1N(C(=O)c1snc(C(N)=O)c1N)C(C(=O)NC(C)(C)C)c1ccc(OC)c(OC)c1. The molecule has 0 spiro atoms. The molecule has 11 nitrogen and oxygen atoms in total. The lowest BCUT2D eigenvalue weighted by Gasteiger charge is -2.34. The van der Waals surface area contributed by atoms with E-state index in [9.17, 15) is 14.4 Å². The minimum absolute atomic E-state index is 0.0517. The number of anilines is 2. The molecule has 0 saturated carbocycles. The summed E-state index contributed by atoms with van der Waals surface area (Å²) in [6.45, 7) is 7.61. The summed E-state index contributed by atoms with van der Waals surface area (Å²) in [7, 11) is 2.97. The number of methoxy groups -OCH3 is 2. The van der Waals surface area contributed by atoms with Gasteiger partial charge in [0.05, 0.1) is 32.2 Å². The van der Waals surface area contributed by atoms with Crippen LogP contribution in [0.25, 0.3) is 0 Å². The lowest BCUT2D eigenvalue weighted by molar-refractivity contribution is -0.123. The molecule has 208 valence electrons. The Morgan fingerprint density at radius 2 is 1.72 bits per heavy atom. The lowest BCUT2D eigenvalue weighted by atomic mass is 9.99. The molecule has 5 N–H and O–H groups in total. The molecule has 1 heterocycles. The van der Waals surface area contributed by atoms with Crippen LogP contribution in [0.5, 0.6) is 17.2 Å². The van der Waals surface area contributed by atoms with Crippen molar-refractivity contribution in [1.82, 2.24) is 9.69 Å². The largest absolute Gasteiger partial charge is 0.493 e. The Labute approximate surface area is 231 Å². The van der Waals surface area contributed by atoms with Gasteiger partial charge in [0.1, 0.15) is 16.7 Å². The van der Waals surface area contributed by atoms with Crippen molar-refractivity contribution >= 4 is 40.6 Å². The Kier molecular flexibility index (Phi) is 9.02. The smallest absolute Gasteiger partial charge is 0.273 e. The molecule has 3 rings (SSSR count). The zero-order chi connectivity index (χ0) is 28.9. The van der Waals surface area contributed by atoms with Gasteiger partial charge < -0.3 is 31.0 Å². The summed E-state index contributed by atoms with van der Waals surface area (Å²) in [6.07, 6.45) is 0. The van der Waals surface area contributed by atoms with E-state index in [1.807, 2.05) is 20.8 Å². The highest BCUT2D eigenvalue weighted by atomic mass is 32.1. The van der Waals surface area contributed by atoms with Gasteiger partial charge in [0, 0.05) is 5.54 Å². The number of nitrogens with one attached hydrogen (secondary N) is 1. The molecule has 1 atom stereocenters. The van der Waals surface area contributed by atoms with Crippen LogP contribution in [0, 0.1) is 0 Å². The number of amides is 3. The topological polar surface area (TPSA) is 159 Å². The monoisotopic (exact) mass is 555 g/mol. The Morgan fingerprint density at radius 1 is 1.05 bits per heavy atom. The van der Waals surface area contributed by atoms with Crippen molar-refractivity contribution in [1.29, 1.82) is 0 Å². The van der Waals surface area contributed by atoms with Crippen LogP contribution in [0.4, 0.5) is 11.4 Å². The van der Waals surface area contributed by atoms with E-state index < -0.39 is 29.3 Å². The molecule has 0 aliphatic rings. The van der Waals surface area contributed by atoms with E-state index in [2.05, 4.69) is 9.69 Å². The third-order valence-corrected chi connectivity index (χ3v) is 6.38. The number of carbonyl (C=O) groups is 3. The van der Waals surface area contributed by atoms with E-state index in [0.29, 0.717) is 35.1 Å². The zero-order valence-corrected chi connectivity index (χ0v) is 23.5. The first-order valence-corrected chi connectivity index (χ1v) is 12.8. The Balaban J connectivity index is 2.34. The van der Waals surface area contributed by atoms with Gasteiger partial charge in [-0.05, 0) is 69.1 Å². The second-order valence-electron chi connectivity index (χ2n) is 9.47. The van der Waals surface area contributed by atoms with E-state index in [1.165, 1.54) is 19.1 Å². The number of hydrogen-bond acceptors (Lipinski definition) is 9. The van der Waals surface area contributed by atoms with Gasteiger partial charge in [-0.3, -0.25) is 19.3 Å². The number of primary amides is 1. The van der Waals surface area contributed by atoms with Gasteiger partial charge in [0.15, 0.2) is 17.2 Å². The van der Waals surface area contributed by atoms with Crippen molar-refractivity contribution in [2.75, 3.05) is 31.5 Å². The highest BCUT2D eigenvalue weighted by Gasteiger charge is 2.38. The van der Waals surface area contributed by atoms with Crippen molar-refractivity contribution in [3.05, 3.63) is 58.6 Å². The molecule has 3 aromatic rings. The quantitative estimate of drug-likeness (QED) is 0.343. The summed E-state index contributed by atoms with van der Waals surface area (Å²) in [5, 5.41) is 2.97. The van der Waals surface area contributed by atoms with Gasteiger partial charge >= 0.3 is 0 Å². The summed E-state index contributed by atoms with van der Waals surface area (Å²) in [6, 6.07) is 10.5. The van der Waals surface area contributed by atoms with Crippen LogP contribution in [0.1, 0.15) is 59.5 Å². The summed E-state index contributed by atoms with van der Waals surface area (Å²) in [5.74, 6) is -0.850. The number of para-hydroxylation sites is 2. The van der Waals surface area contributed by atoms with Crippen molar-refractivity contribution < 1.29 is 28.6 Å². The van der Waals surface area contributed by atoms with Crippen molar-refractivity contribution in [3.8, 4) is 17.2 Å². The van der Waals surface area contributed by atoms with E-state index >= 15 is 0 Å². The second-order valence-corrected chi connectivity index (χ2v) is 10.2. The van der Waals surface area contributed by atoms with E-state index in [0.717, 1.165) is 11.5 Å². The molecule has 0 aliphatic heterocycles. The molecule has 1 aromatic heterocycles. The van der Waals surface area contributed by atoms with Gasteiger partial charge in [-0.1, -0.05) is 18.2 Å². The first kappa shape index (κ1) is 29.2. The number of nitrogens with two attached hydrogens (primary N) is 2. The molecular weight excluding hydrogens is 522 g/mol. The average Bonchev–Trinajstić information content (AvgIpc) is 3.27. The van der Waals surface area contributed by atoms with Crippen molar-refractivity contribution in [3.63, 3.8) is 0 Å². The Hall–Kier alpha value is -4.32. The fraction of sp³-hybridized carbons (Fsp3) is 0.333. The highest BCUT2D eigenvalue weighted by Crippen LogP contribution is 2.40. The highest BCUT2D eigenvalue weighted by molar-refractivity contribution is 7.09. The lowest BCUT2D eigenvalue weighted by Crippen LogP contribution is -2.49. The normalized spacial score (nSPS) is 11.8. The number of aromatic nitrogens is 1. The maximum atomic E-state index is 14.3. The molecular formula is C27H33N5O6S. The number of rotatable bonds is 10. The van der Waals surface area contributed by atoms with Gasteiger partial charge in [0.2, 0.25) is 5.91 Å². The van der Waals surface area contributed by atoms with Crippen molar-refractivity contribution in [2.45, 2.75) is 39.3 Å². The van der Waals surface area contributed by atoms with Gasteiger partial charge in [-0.2, -0.15) is 4.37 Å². The third kappa shape index (κ3) is 6.40. The van der Waals surface area contributed by atoms with E-state index in [1.54, 1.807) is 49.4 Å². The van der Waals surface area contributed by atoms with Gasteiger partial charge in [-0.15, -0.1) is 0 Å². The molecule has 39 heavy (non-hydrogen) atoms. The molecule has 0 fully saturated rings. The predicted molar refractivity (Wildman–Crippen MR) is 150 cm³/mol. The number of hydrogen-bond donors (Lipinski definition) is 3. The van der Waals surface area contributed by atoms with Crippen LogP contribution in [0.15, 0.2) is 42.5 Å². The van der Waals surface area contributed by atoms with Crippen LogP contribution in [-0.4, -0.2) is 48.5 Å². The predicted octanol–water partition coefficient (Wildman–Crippen LogP) is 3.54. The molecule has 0 bridgehead atoms. The van der Waals surface area contributed by atoms with Crippen LogP contribution >= 0.6 is 11.5 Å². The fourth-order valence-corrected chi connectivity index (χ4v) is 4.66. The van der Waals surface area contributed by atoms with Gasteiger partial charge in [0.25, 0.3) is 11.8 Å². The van der Waals surface area contributed by atoms with E-state index in [-0.39, 0.29) is 16.3 Å². The Bertz CT molecular complexity index is 1370. The second kappa shape index (κ2) is 12.0. The van der Waals surface area contributed by atoms with E-state index in [4.69, 9.17) is 25.7 Å². The summed E-state index contributed by atoms with van der Waals surface area (Å²) < 4.78 is 20.7. The van der Waals surface area contributed by atoms with Crippen LogP contribution in [0.3, 0.4) is 0 Å². The summed E-state index contributed by atoms with van der Waals surface area (Å²) in [5.41, 5.74) is 11.3. The molecule has 0 saturated heterocycles. The molecule has 0 radical (unpaired) electrons. The van der Waals surface area contributed by atoms with Crippen LogP contribution < -0.4 is 35.9 Å². The molecule has 3 amide bonds. The maximum Gasteiger partial charge on any atom is 0.273 e. The first-order chi connectivity index (χ1) is 18.4. The number of carbonyl (C=O) groups excluding carboxylic acids is 3. The summed E-state index contributed by atoms with van der Waals surface area (Å²) in [4.78, 5) is 41.4. The fourth-order valence-electron chi connectivity index (χ4n) is 3.92. The molecule has 1 unspecified atom stereocenters. The Morgan fingerprint density at radius 3 is 2.28 bits per heavy atom. The number of nitrogens with zero attached hydrogens (tertiary/aromatic N) is 2. The van der Waals surface area contributed by atoms with Gasteiger partial charge in [-0.25, -0.2) is 0 Å². The number of benzene rings is 2. The minimum Gasteiger partial charge on any atom is -0.493 e. The number of ether oxygens (including phenoxy) is 3. The molecule has 0 aliphatic carbocycles. The molecule has 12 heteroatoms. The number of nitrogen functional groups attached to an aromatic ring is 1. The minimum atomic E-state index is -1.23. The maximum absolute atomic E-state index is 14.3. The van der Waals surface area contributed by atoms with Crippen molar-refractivity contribution in [2.24, 2.45) is 5.73 Å². The third-order valence-electron chi connectivity index (χ3n) is 5.53.